The Morgan fingerprint density at radius 3 is 2.85 bits per heavy atom. The molecule has 3 atom stereocenters. The summed E-state index contributed by atoms with van der Waals surface area (Å²) in [6.07, 6.45) is 9.88. The van der Waals surface area contributed by atoms with E-state index in [2.05, 4.69) is 47.0 Å². The average molecular weight is 558 g/mol. The van der Waals surface area contributed by atoms with E-state index in [9.17, 15) is 5.26 Å². The Balaban J connectivity index is 1.38. The second-order valence-electron chi connectivity index (χ2n) is 11.6. The number of likely N-dealkylation sites (tertiary alicyclic amines) is 1. The second kappa shape index (κ2) is 9.56. The van der Waals surface area contributed by atoms with Crippen LogP contribution in [0.2, 0.25) is 0 Å². The summed E-state index contributed by atoms with van der Waals surface area (Å²) in [7, 11) is 2.19. The van der Waals surface area contributed by atoms with Crippen molar-refractivity contribution in [2.45, 2.75) is 82.7 Å². The van der Waals surface area contributed by atoms with E-state index < -0.39 is 0 Å². The van der Waals surface area contributed by atoms with Gasteiger partial charge in [0.25, 0.3) is 0 Å². The van der Waals surface area contributed by atoms with Crippen LogP contribution < -0.4 is 11.1 Å². The lowest BCUT2D eigenvalue weighted by Gasteiger charge is -2.39. The summed E-state index contributed by atoms with van der Waals surface area (Å²) in [5.74, 6) is 2.19. The Labute approximate surface area is 237 Å². The predicted octanol–water partition coefficient (Wildman–Crippen LogP) is 5.04. The van der Waals surface area contributed by atoms with Gasteiger partial charge in [-0.05, 0) is 84.4 Å². The molecule has 0 radical (unpaired) electrons. The molecule has 0 amide bonds. The first-order chi connectivity index (χ1) is 19.5. The lowest BCUT2D eigenvalue weighted by atomic mass is 9.63. The minimum atomic E-state index is -0.371. The van der Waals surface area contributed by atoms with Crippen LogP contribution in [0.25, 0.3) is 22.6 Å². The van der Waals surface area contributed by atoms with Crippen LogP contribution in [0.1, 0.15) is 85.7 Å². The topological polar surface area (TPSA) is 135 Å². The van der Waals surface area contributed by atoms with Crippen molar-refractivity contribution < 1.29 is 4.52 Å². The van der Waals surface area contributed by atoms with Gasteiger partial charge in [0.15, 0.2) is 22.9 Å². The molecule has 4 aromatic rings. The van der Waals surface area contributed by atoms with Gasteiger partial charge in [-0.25, -0.2) is 14.6 Å². The molecule has 10 nitrogen and oxygen atoms in total. The molecule has 2 aliphatic carbocycles. The molecule has 3 aliphatic rings. The summed E-state index contributed by atoms with van der Waals surface area (Å²) in [6.45, 7) is 6.14. The van der Waals surface area contributed by atoms with Crippen LogP contribution in [-0.2, 0) is 18.3 Å². The fourth-order valence-electron chi connectivity index (χ4n) is 7.56. The van der Waals surface area contributed by atoms with Gasteiger partial charge in [-0.15, -0.1) is 11.3 Å². The third kappa shape index (κ3) is 3.62. The van der Waals surface area contributed by atoms with Gasteiger partial charge in [-0.2, -0.15) is 10.4 Å². The molecule has 0 saturated carbocycles. The first kappa shape index (κ1) is 25.5. The lowest BCUT2D eigenvalue weighted by molar-refractivity contribution is 0.232. The highest BCUT2D eigenvalue weighted by Gasteiger charge is 2.48. The average Bonchev–Trinajstić information content (AvgIpc) is 3.73. The Kier molecular flexibility index (Phi) is 6.09. The number of nitrogen functional groups attached to an aromatic ring is 1. The maximum atomic E-state index is 10.0. The van der Waals surface area contributed by atoms with Crippen molar-refractivity contribution in [2.75, 3.05) is 31.2 Å². The van der Waals surface area contributed by atoms with Crippen LogP contribution in [0.3, 0.4) is 0 Å². The molecule has 3 N–H and O–H groups in total. The monoisotopic (exact) mass is 557 g/mol. The van der Waals surface area contributed by atoms with Crippen molar-refractivity contribution in [1.29, 1.82) is 5.26 Å². The number of fused-ring (bicyclic) bond motifs is 5. The van der Waals surface area contributed by atoms with E-state index >= 15 is 0 Å². The molecule has 1 spiro atoms. The van der Waals surface area contributed by atoms with Crippen molar-refractivity contribution in [1.82, 2.24) is 29.8 Å². The van der Waals surface area contributed by atoms with E-state index in [1.165, 1.54) is 11.3 Å². The molecule has 1 aliphatic heterocycles. The summed E-state index contributed by atoms with van der Waals surface area (Å²) in [5.41, 5.74) is 10.2. The molecule has 0 aromatic carbocycles. The number of thiophene rings is 1. The van der Waals surface area contributed by atoms with E-state index in [1.807, 2.05) is 6.20 Å². The van der Waals surface area contributed by atoms with Crippen molar-refractivity contribution in [3.63, 3.8) is 0 Å². The Morgan fingerprint density at radius 1 is 1.27 bits per heavy atom. The van der Waals surface area contributed by atoms with Crippen LogP contribution >= 0.6 is 11.3 Å². The fraction of sp³-hybridized carbons (Fsp3) is 0.552. The molecule has 7 rings (SSSR count). The number of hydrogen-bond acceptors (Lipinski definition) is 10. The number of anilines is 2. The number of aryl methyl sites for hydroxylation is 1. The first-order valence-electron chi connectivity index (χ1n) is 14.5. The van der Waals surface area contributed by atoms with E-state index in [0.29, 0.717) is 28.1 Å². The minimum Gasteiger partial charge on any atom is -0.389 e. The highest BCUT2D eigenvalue weighted by atomic mass is 32.1. The number of nitrogens with one attached hydrogen (secondary N) is 1. The zero-order valence-corrected chi connectivity index (χ0v) is 24.1. The molecule has 208 valence electrons. The Hall–Kier alpha value is -3.49. The third-order valence-electron chi connectivity index (χ3n) is 9.39. The molecule has 40 heavy (non-hydrogen) atoms. The van der Waals surface area contributed by atoms with E-state index in [-0.39, 0.29) is 11.5 Å². The lowest BCUT2D eigenvalue weighted by Crippen LogP contribution is -2.35. The maximum absolute atomic E-state index is 10.0. The molecule has 1 fully saturated rings. The number of hydrogen-bond donors (Lipinski definition) is 2. The second-order valence-corrected chi connectivity index (χ2v) is 12.7. The highest BCUT2D eigenvalue weighted by molar-refractivity contribution is 7.16. The van der Waals surface area contributed by atoms with E-state index in [1.54, 1.807) is 11.3 Å². The molecular formula is C29H35N9OS. The normalized spacial score (nSPS) is 23.3. The number of nitriles is 1. The van der Waals surface area contributed by atoms with Crippen molar-refractivity contribution in [3.8, 4) is 17.6 Å². The van der Waals surface area contributed by atoms with Crippen molar-refractivity contribution >= 4 is 33.2 Å². The summed E-state index contributed by atoms with van der Waals surface area (Å²) in [6, 6.07) is 2.99. The molecule has 1 saturated heterocycles. The third-order valence-corrected chi connectivity index (χ3v) is 10.5. The quantitative estimate of drug-likeness (QED) is 0.346. The Bertz CT molecular complexity index is 1640. The van der Waals surface area contributed by atoms with Crippen LogP contribution in [-0.4, -0.2) is 56.0 Å². The Morgan fingerprint density at radius 2 is 2.10 bits per heavy atom. The molecule has 0 bridgehead atoms. The van der Waals surface area contributed by atoms with Gasteiger partial charge in [-0.1, -0.05) is 5.16 Å². The summed E-state index contributed by atoms with van der Waals surface area (Å²) >= 11 is 1.56. The smallest absolute Gasteiger partial charge is 0.186 e. The SMILES string of the molecule is CCNc1nc(-c2noc3c2CCCC32CCCc3sc(N)c(C#N)c32)nc2c1cnn2C(C)C1CCCN1C. The molecule has 3 unspecified atom stereocenters. The summed E-state index contributed by atoms with van der Waals surface area (Å²) in [5, 5.41) is 24.4. The highest BCUT2D eigenvalue weighted by Crippen LogP contribution is 2.55. The number of likely N-dealkylation sites (N-methyl/N-ethyl adjacent to an activating group) is 1. The van der Waals surface area contributed by atoms with Gasteiger partial charge in [0, 0.05) is 23.0 Å². The number of nitrogens with two attached hydrogens (primary N) is 1. The van der Waals surface area contributed by atoms with Gasteiger partial charge in [0.2, 0.25) is 0 Å². The van der Waals surface area contributed by atoms with Gasteiger partial charge < -0.3 is 20.5 Å². The fourth-order valence-corrected chi connectivity index (χ4v) is 8.72. The zero-order valence-electron chi connectivity index (χ0n) is 23.3. The van der Waals surface area contributed by atoms with Crippen LogP contribution in [0.15, 0.2) is 10.7 Å². The molecule has 11 heteroatoms. The van der Waals surface area contributed by atoms with Gasteiger partial charge in [0.05, 0.1) is 28.6 Å². The number of nitrogens with zero attached hydrogens (tertiary/aromatic N) is 7. The first-order valence-corrected chi connectivity index (χ1v) is 15.3. The van der Waals surface area contributed by atoms with Gasteiger partial charge >= 0.3 is 0 Å². The molecule has 5 heterocycles. The largest absolute Gasteiger partial charge is 0.389 e. The maximum Gasteiger partial charge on any atom is 0.186 e. The number of aromatic nitrogens is 5. The molecular weight excluding hydrogens is 522 g/mol. The zero-order chi connectivity index (χ0) is 27.6. The predicted molar refractivity (Wildman–Crippen MR) is 155 cm³/mol. The van der Waals surface area contributed by atoms with E-state index in [4.69, 9.17) is 25.3 Å². The van der Waals surface area contributed by atoms with Crippen LogP contribution in [0, 0.1) is 11.3 Å². The number of rotatable bonds is 5. The molecule has 4 aromatic heterocycles. The minimum absolute atomic E-state index is 0.172. The summed E-state index contributed by atoms with van der Waals surface area (Å²) in [4.78, 5) is 13.7. The van der Waals surface area contributed by atoms with Gasteiger partial charge in [0.1, 0.15) is 16.9 Å². The van der Waals surface area contributed by atoms with Gasteiger partial charge in [-0.3, -0.25) is 0 Å². The summed E-state index contributed by atoms with van der Waals surface area (Å²) < 4.78 is 8.30. The standard InChI is InChI=1S/C29H35N9OS/c1-4-32-26-19-15-33-38(16(2)20-9-7-13-37(20)3)28(19)35-27(34-26)23-17-8-5-11-29(24(17)39-36-23)12-6-10-21-22(29)18(14-30)25(31)40-21/h15-16,20H,4-13,31H2,1-3H3,(H,32,34,35). The van der Waals surface area contributed by atoms with Crippen molar-refractivity contribution in [2.24, 2.45) is 0 Å². The van der Waals surface area contributed by atoms with Crippen molar-refractivity contribution in [3.05, 3.63) is 33.5 Å². The van der Waals surface area contributed by atoms with E-state index in [0.717, 1.165) is 91.8 Å². The van der Waals surface area contributed by atoms with Crippen LogP contribution in [0.4, 0.5) is 10.8 Å². The van der Waals surface area contributed by atoms with Crippen LogP contribution in [0.5, 0.6) is 0 Å².